The molecular weight excluding hydrogens is 266 g/mol. The maximum atomic E-state index is 5.83. The lowest BCUT2D eigenvalue weighted by molar-refractivity contribution is -0.100. The smallest absolute Gasteiger partial charge is 0.163 e. The Labute approximate surface area is 127 Å². The molecule has 0 spiro atoms. The predicted octanol–water partition coefficient (Wildman–Crippen LogP) is 2.86. The highest BCUT2D eigenvalue weighted by atomic mass is 16.5. The second kappa shape index (κ2) is 6.28. The Hall–Kier alpha value is -1.20. The molecule has 1 aliphatic rings. The number of nitrogens with zero attached hydrogens (tertiary/aromatic N) is 2. The SMILES string of the molecule is CCNc1cc(C(C)(C)C)nc(C2(OC)CCOCC2)n1. The van der Waals surface area contributed by atoms with E-state index >= 15 is 0 Å². The minimum Gasteiger partial charge on any atom is -0.381 e. The van der Waals surface area contributed by atoms with E-state index in [2.05, 4.69) is 33.0 Å². The molecule has 1 aromatic heterocycles. The molecule has 5 nitrogen and oxygen atoms in total. The summed E-state index contributed by atoms with van der Waals surface area (Å²) in [6.07, 6.45) is 1.59. The van der Waals surface area contributed by atoms with Gasteiger partial charge in [-0.2, -0.15) is 0 Å². The van der Waals surface area contributed by atoms with E-state index in [1.807, 2.05) is 6.07 Å². The molecule has 1 fully saturated rings. The van der Waals surface area contributed by atoms with Crippen LogP contribution >= 0.6 is 0 Å². The molecule has 0 amide bonds. The van der Waals surface area contributed by atoms with Crippen LogP contribution in [0, 0.1) is 0 Å². The Kier molecular flexibility index (Phi) is 4.84. The first-order chi connectivity index (χ1) is 9.91. The van der Waals surface area contributed by atoms with E-state index in [1.165, 1.54) is 0 Å². The Morgan fingerprint density at radius 1 is 1.29 bits per heavy atom. The molecule has 2 heterocycles. The zero-order chi connectivity index (χ0) is 15.5. The number of hydrogen-bond donors (Lipinski definition) is 1. The van der Waals surface area contributed by atoms with Crippen molar-refractivity contribution in [1.82, 2.24) is 9.97 Å². The zero-order valence-electron chi connectivity index (χ0n) is 13.8. The number of methoxy groups -OCH3 is 1. The topological polar surface area (TPSA) is 56.3 Å². The van der Waals surface area contributed by atoms with Crippen LogP contribution in [0.15, 0.2) is 6.07 Å². The van der Waals surface area contributed by atoms with Crippen LogP contribution in [0.2, 0.25) is 0 Å². The van der Waals surface area contributed by atoms with Gasteiger partial charge in [0.2, 0.25) is 0 Å². The van der Waals surface area contributed by atoms with Crippen molar-refractivity contribution >= 4 is 5.82 Å². The molecular formula is C16H27N3O2. The average molecular weight is 293 g/mol. The van der Waals surface area contributed by atoms with E-state index in [0.29, 0.717) is 13.2 Å². The lowest BCUT2D eigenvalue weighted by atomic mass is 9.89. The summed E-state index contributed by atoms with van der Waals surface area (Å²) in [5.41, 5.74) is 0.581. The van der Waals surface area contributed by atoms with E-state index in [1.54, 1.807) is 7.11 Å². The van der Waals surface area contributed by atoms with E-state index in [9.17, 15) is 0 Å². The molecule has 5 heteroatoms. The maximum Gasteiger partial charge on any atom is 0.163 e. The summed E-state index contributed by atoms with van der Waals surface area (Å²) in [5, 5.41) is 3.30. The maximum absolute atomic E-state index is 5.83. The van der Waals surface area contributed by atoms with E-state index in [-0.39, 0.29) is 5.41 Å². The normalized spacial score (nSPS) is 18.5. The lowest BCUT2D eigenvalue weighted by Crippen LogP contribution is -2.38. The second-order valence-corrected chi connectivity index (χ2v) is 6.55. The Bertz CT molecular complexity index is 477. The van der Waals surface area contributed by atoms with Gasteiger partial charge in [0.25, 0.3) is 0 Å². The molecule has 0 unspecified atom stereocenters. The van der Waals surface area contributed by atoms with Gasteiger partial charge in [-0.3, -0.25) is 0 Å². The van der Waals surface area contributed by atoms with Gasteiger partial charge in [0.05, 0.1) is 5.69 Å². The van der Waals surface area contributed by atoms with Crippen LogP contribution in [-0.2, 0) is 20.5 Å². The van der Waals surface area contributed by atoms with Crippen LogP contribution in [0.25, 0.3) is 0 Å². The van der Waals surface area contributed by atoms with Gasteiger partial charge in [-0.15, -0.1) is 0 Å². The molecule has 1 saturated heterocycles. The highest BCUT2D eigenvalue weighted by molar-refractivity contribution is 5.38. The summed E-state index contributed by atoms with van der Waals surface area (Å²) in [6, 6.07) is 2.04. The van der Waals surface area contributed by atoms with Crippen molar-refractivity contribution in [2.24, 2.45) is 0 Å². The van der Waals surface area contributed by atoms with E-state index < -0.39 is 5.60 Å². The minimum atomic E-state index is -0.427. The fourth-order valence-corrected chi connectivity index (χ4v) is 2.53. The summed E-state index contributed by atoms with van der Waals surface area (Å²) < 4.78 is 11.3. The standard InChI is InChI=1S/C16H27N3O2/c1-6-17-13-11-12(15(2,3)4)18-14(19-13)16(20-5)7-9-21-10-8-16/h11H,6-10H2,1-5H3,(H,17,18,19). The molecule has 0 radical (unpaired) electrons. The molecule has 21 heavy (non-hydrogen) atoms. The van der Waals surface area contributed by atoms with Gasteiger partial charge in [0, 0.05) is 51.2 Å². The average Bonchev–Trinajstić information content (AvgIpc) is 2.47. The van der Waals surface area contributed by atoms with Gasteiger partial charge >= 0.3 is 0 Å². The third-order valence-electron chi connectivity index (χ3n) is 3.95. The van der Waals surface area contributed by atoms with Crippen molar-refractivity contribution in [3.8, 4) is 0 Å². The van der Waals surface area contributed by atoms with Gasteiger partial charge < -0.3 is 14.8 Å². The first-order valence-corrected chi connectivity index (χ1v) is 7.68. The molecule has 0 aromatic carbocycles. The number of hydrogen-bond acceptors (Lipinski definition) is 5. The van der Waals surface area contributed by atoms with Crippen LogP contribution in [0.1, 0.15) is 52.1 Å². The number of anilines is 1. The third kappa shape index (κ3) is 3.52. The van der Waals surface area contributed by atoms with Crippen LogP contribution in [0.4, 0.5) is 5.82 Å². The van der Waals surface area contributed by atoms with Crippen LogP contribution in [0.3, 0.4) is 0 Å². The van der Waals surface area contributed by atoms with Crippen molar-refractivity contribution in [1.29, 1.82) is 0 Å². The molecule has 0 atom stereocenters. The first-order valence-electron chi connectivity index (χ1n) is 7.68. The highest BCUT2D eigenvalue weighted by Gasteiger charge is 2.38. The molecule has 2 rings (SSSR count). The molecule has 0 aliphatic carbocycles. The van der Waals surface area contributed by atoms with Crippen molar-refractivity contribution < 1.29 is 9.47 Å². The Balaban J connectivity index is 2.48. The third-order valence-corrected chi connectivity index (χ3v) is 3.95. The van der Waals surface area contributed by atoms with Gasteiger partial charge in [-0.05, 0) is 6.92 Å². The lowest BCUT2D eigenvalue weighted by Gasteiger charge is -2.35. The van der Waals surface area contributed by atoms with Gasteiger partial charge in [0.15, 0.2) is 5.82 Å². The van der Waals surface area contributed by atoms with E-state index in [0.717, 1.165) is 36.7 Å². The van der Waals surface area contributed by atoms with Gasteiger partial charge in [-0.1, -0.05) is 20.8 Å². The Morgan fingerprint density at radius 2 is 1.95 bits per heavy atom. The summed E-state index contributed by atoms with van der Waals surface area (Å²) >= 11 is 0. The fourth-order valence-electron chi connectivity index (χ4n) is 2.53. The van der Waals surface area contributed by atoms with Crippen molar-refractivity contribution in [2.75, 3.05) is 32.2 Å². The predicted molar refractivity (Wildman–Crippen MR) is 83.6 cm³/mol. The first kappa shape index (κ1) is 16.2. The van der Waals surface area contributed by atoms with Crippen LogP contribution in [-0.4, -0.2) is 36.8 Å². The second-order valence-electron chi connectivity index (χ2n) is 6.55. The van der Waals surface area contributed by atoms with Crippen molar-refractivity contribution in [2.45, 2.75) is 51.6 Å². The summed E-state index contributed by atoms with van der Waals surface area (Å²) in [4.78, 5) is 9.52. The molecule has 1 aromatic rings. The zero-order valence-corrected chi connectivity index (χ0v) is 13.8. The number of rotatable bonds is 4. The number of aromatic nitrogens is 2. The number of nitrogens with one attached hydrogen (secondary N) is 1. The largest absolute Gasteiger partial charge is 0.381 e. The van der Waals surface area contributed by atoms with Crippen molar-refractivity contribution in [3.05, 3.63) is 17.6 Å². The molecule has 1 aliphatic heterocycles. The van der Waals surface area contributed by atoms with Crippen LogP contribution < -0.4 is 5.32 Å². The number of ether oxygens (including phenoxy) is 2. The van der Waals surface area contributed by atoms with Gasteiger partial charge in [-0.25, -0.2) is 9.97 Å². The molecule has 1 N–H and O–H groups in total. The minimum absolute atomic E-state index is 0.0258. The molecule has 0 bridgehead atoms. The van der Waals surface area contributed by atoms with E-state index in [4.69, 9.17) is 19.4 Å². The fraction of sp³-hybridized carbons (Fsp3) is 0.750. The molecule has 118 valence electrons. The monoisotopic (exact) mass is 293 g/mol. The summed E-state index contributed by atoms with van der Waals surface area (Å²) in [5.74, 6) is 1.65. The summed E-state index contributed by atoms with van der Waals surface area (Å²) in [7, 11) is 1.74. The van der Waals surface area contributed by atoms with Crippen LogP contribution in [0.5, 0.6) is 0 Å². The summed E-state index contributed by atoms with van der Waals surface area (Å²) in [6.45, 7) is 10.8. The highest BCUT2D eigenvalue weighted by Crippen LogP contribution is 2.35. The van der Waals surface area contributed by atoms with Crippen molar-refractivity contribution in [3.63, 3.8) is 0 Å². The Morgan fingerprint density at radius 3 is 2.48 bits per heavy atom. The quantitative estimate of drug-likeness (QED) is 0.925. The molecule has 0 saturated carbocycles. The van der Waals surface area contributed by atoms with Gasteiger partial charge in [0.1, 0.15) is 11.4 Å².